The number of carbonyl (C=O) groups is 3. The maximum absolute atomic E-state index is 12.8. The molecule has 3 aromatic heterocycles. The third-order valence-corrected chi connectivity index (χ3v) is 12.3. The summed E-state index contributed by atoms with van der Waals surface area (Å²) in [5.41, 5.74) is 4.29. The standard InChI is InChI=1S/C40H45N11O5S/c1-2-57(55,56)50-25-40(26-50,18-19-41)51-24-29(23-45-51)35-33-17-22-43-36(33)49-39(48-35)46-31-13-9-28(10-14-31)37(53)44-21-6-4-3-5-20-42-30-11-7-27(8-12-30)32-15-16-34(52)47-38(32)54/h7-14,17,22-24,32,42H,2-6,15-16,18,20-21,25-26H2,1H3,(H,44,53)(H,47,52,54)(H2,43,46,48,49). The second-order valence-corrected chi connectivity index (χ2v) is 16.7. The molecule has 16 nitrogen and oxygen atoms in total. The zero-order valence-electron chi connectivity index (χ0n) is 31.6. The van der Waals surface area contributed by atoms with Gasteiger partial charge in [-0.2, -0.15) is 19.6 Å². The van der Waals surface area contributed by atoms with E-state index in [-0.39, 0.29) is 48.9 Å². The fourth-order valence-corrected chi connectivity index (χ4v) is 8.45. The number of benzene rings is 2. The average Bonchev–Trinajstić information content (AvgIpc) is 3.88. The number of hydrogen-bond donors (Lipinski definition) is 5. The molecule has 2 saturated heterocycles. The highest BCUT2D eigenvalue weighted by Gasteiger charge is 2.49. The van der Waals surface area contributed by atoms with Gasteiger partial charge < -0.3 is 20.9 Å². The molecule has 2 aliphatic rings. The van der Waals surface area contributed by atoms with Crippen LogP contribution in [0.15, 0.2) is 73.2 Å². The number of piperidine rings is 1. The van der Waals surface area contributed by atoms with E-state index in [2.05, 4.69) is 42.4 Å². The number of sulfonamides is 1. The van der Waals surface area contributed by atoms with Crippen LogP contribution in [0, 0.1) is 11.3 Å². The summed E-state index contributed by atoms with van der Waals surface area (Å²) in [4.78, 5) is 48.9. The predicted molar refractivity (Wildman–Crippen MR) is 215 cm³/mol. The van der Waals surface area contributed by atoms with Gasteiger partial charge in [0.2, 0.25) is 27.8 Å². The van der Waals surface area contributed by atoms with E-state index in [1.807, 2.05) is 30.3 Å². The molecule has 0 bridgehead atoms. The molecule has 1 atom stereocenters. The van der Waals surface area contributed by atoms with E-state index in [1.165, 1.54) is 4.31 Å². The molecule has 2 aliphatic heterocycles. The molecule has 1 unspecified atom stereocenters. The van der Waals surface area contributed by atoms with Crippen molar-refractivity contribution in [1.29, 1.82) is 5.26 Å². The van der Waals surface area contributed by atoms with Crippen LogP contribution in [0.3, 0.4) is 0 Å². The molecular weight excluding hydrogens is 747 g/mol. The summed E-state index contributed by atoms with van der Waals surface area (Å²) >= 11 is 0. The molecule has 57 heavy (non-hydrogen) atoms. The van der Waals surface area contributed by atoms with E-state index in [0.29, 0.717) is 53.5 Å². The van der Waals surface area contributed by atoms with Crippen molar-refractivity contribution in [3.05, 3.63) is 84.3 Å². The van der Waals surface area contributed by atoms with Crippen molar-refractivity contribution < 1.29 is 22.8 Å². The van der Waals surface area contributed by atoms with E-state index < -0.39 is 15.6 Å². The molecule has 17 heteroatoms. The molecule has 2 aromatic carbocycles. The Kier molecular flexibility index (Phi) is 11.6. The van der Waals surface area contributed by atoms with Gasteiger partial charge in [-0.1, -0.05) is 25.0 Å². The first-order valence-corrected chi connectivity index (χ1v) is 20.8. The Bertz CT molecular complexity index is 2400. The molecule has 2 fully saturated rings. The van der Waals surface area contributed by atoms with Crippen molar-refractivity contribution in [3.8, 4) is 17.3 Å². The summed E-state index contributed by atoms with van der Waals surface area (Å²) in [5, 5.41) is 26.9. The van der Waals surface area contributed by atoms with Crippen LogP contribution >= 0.6 is 0 Å². The van der Waals surface area contributed by atoms with Crippen molar-refractivity contribution >= 4 is 56.1 Å². The fraction of sp³-hybridized carbons (Fsp3) is 0.375. The summed E-state index contributed by atoms with van der Waals surface area (Å²) in [6, 6.07) is 18.9. The third kappa shape index (κ3) is 8.82. The molecule has 0 spiro atoms. The second-order valence-electron chi connectivity index (χ2n) is 14.5. The summed E-state index contributed by atoms with van der Waals surface area (Å²) < 4.78 is 27.9. The molecule has 296 valence electrons. The predicted octanol–water partition coefficient (Wildman–Crippen LogP) is 4.76. The zero-order chi connectivity index (χ0) is 40.0. The van der Waals surface area contributed by atoms with Gasteiger partial charge >= 0.3 is 0 Å². The maximum Gasteiger partial charge on any atom is 0.251 e. The Morgan fingerprint density at radius 3 is 2.44 bits per heavy atom. The molecule has 0 aliphatic carbocycles. The summed E-state index contributed by atoms with van der Waals surface area (Å²) in [6.45, 7) is 3.35. The van der Waals surface area contributed by atoms with Gasteiger partial charge in [0.25, 0.3) is 5.91 Å². The van der Waals surface area contributed by atoms with Crippen LogP contribution < -0.4 is 21.3 Å². The van der Waals surface area contributed by atoms with Crippen LogP contribution in [0.25, 0.3) is 22.3 Å². The first-order chi connectivity index (χ1) is 27.6. The Balaban J connectivity index is 0.863. The Hall–Kier alpha value is -6.12. The average molecular weight is 792 g/mol. The first-order valence-electron chi connectivity index (χ1n) is 19.2. The second kappa shape index (κ2) is 16.9. The van der Waals surface area contributed by atoms with E-state index in [0.717, 1.165) is 48.9 Å². The topological polar surface area (TPSA) is 220 Å². The number of rotatable bonds is 17. The van der Waals surface area contributed by atoms with Crippen molar-refractivity contribution in [3.63, 3.8) is 0 Å². The quantitative estimate of drug-likeness (QED) is 0.0638. The van der Waals surface area contributed by atoms with Gasteiger partial charge in [-0.25, -0.2) is 13.4 Å². The lowest BCUT2D eigenvalue weighted by atomic mass is 9.89. The number of nitriles is 1. The third-order valence-electron chi connectivity index (χ3n) is 10.5. The number of aromatic amines is 1. The van der Waals surface area contributed by atoms with Crippen molar-refractivity contribution in [1.82, 2.24) is 39.7 Å². The number of fused-ring (bicyclic) bond motifs is 1. The number of H-pyrrole nitrogens is 1. The lowest BCUT2D eigenvalue weighted by molar-refractivity contribution is -0.134. The van der Waals surface area contributed by atoms with Gasteiger partial charge in [0.15, 0.2) is 0 Å². The minimum atomic E-state index is -3.38. The minimum absolute atomic E-state index is 0.00394. The largest absolute Gasteiger partial charge is 0.385 e. The zero-order valence-corrected chi connectivity index (χ0v) is 32.4. The lowest BCUT2D eigenvalue weighted by Crippen LogP contribution is -2.64. The van der Waals surface area contributed by atoms with Gasteiger partial charge in [0.05, 0.1) is 36.1 Å². The highest BCUT2D eigenvalue weighted by Crippen LogP contribution is 2.36. The molecule has 0 saturated carbocycles. The first kappa shape index (κ1) is 39.1. The number of aromatic nitrogens is 5. The number of nitrogens with zero attached hydrogens (tertiary/aromatic N) is 6. The normalized spacial score (nSPS) is 16.7. The SMILES string of the molecule is CCS(=O)(=O)N1CC(CC#N)(n2cc(-c3nc(Nc4ccc(C(=O)NCCCCCCNc5ccc(C6CCC(=O)NC6=O)cc5)cc4)nc4[nH]ccc34)cn2)C1. The minimum Gasteiger partial charge on any atom is -0.385 e. The van der Waals surface area contributed by atoms with Gasteiger partial charge in [0.1, 0.15) is 11.2 Å². The van der Waals surface area contributed by atoms with E-state index in [1.54, 1.807) is 54.5 Å². The molecule has 5 heterocycles. The molecule has 7 rings (SSSR count). The Morgan fingerprint density at radius 1 is 0.982 bits per heavy atom. The Morgan fingerprint density at radius 2 is 1.72 bits per heavy atom. The van der Waals surface area contributed by atoms with Crippen molar-refractivity contribution in [2.24, 2.45) is 0 Å². The summed E-state index contributed by atoms with van der Waals surface area (Å²) in [7, 11) is -3.38. The Labute approximate surface area is 330 Å². The van der Waals surface area contributed by atoms with Crippen molar-refractivity contribution in [2.75, 3.05) is 42.6 Å². The van der Waals surface area contributed by atoms with Gasteiger partial charge in [0, 0.05) is 72.9 Å². The number of nitrogens with one attached hydrogen (secondary N) is 5. The van der Waals surface area contributed by atoms with E-state index in [4.69, 9.17) is 4.98 Å². The van der Waals surface area contributed by atoms with Crippen molar-refractivity contribution in [2.45, 2.75) is 63.3 Å². The van der Waals surface area contributed by atoms with Crippen LogP contribution in [-0.2, 0) is 25.2 Å². The number of anilines is 3. The van der Waals surface area contributed by atoms with Crippen LogP contribution in [-0.4, -0.2) is 87.1 Å². The van der Waals surface area contributed by atoms with Crippen LogP contribution in [0.1, 0.15) is 73.7 Å². The van der Waals surface area contributed by atoms with Gasteiger partial charge in [-0.15, -0.1) is 0 Å². The van der Waals surface area contributed by atoms with E-state index in [9.17, 15) is 28.1 Å². The lowest BCUT2D eigenvalue weighted by Gasteiger charge is -2.47. The van der Waals surface area contributed by atoms with Gasteiger partial charge in [-0.05, 0) is 74.2 Å². The van der Waals surface area contributed by atoms with Crippen LogP contribution in [0.4, 0.5) is 17.3 Å². The maximum atomic E-state index is 12.8. The number of amides is 3. The molecule has 5 aromatic rings. The fourth-order valence-electron chi connectivity index (χ4n) is 7.22. The number of unbranched alkanes of at least 4 members (excludes halogenated alkanes) is 3. The van der Waals surface area contributed by atoms with Gasteiger partial charge in [-0.3, -0.25) is 24.4 Å². The monoisotopic (exact) mass is 791 g/mol. The molecule has 5 N–H and O–H groups in total. The highest BCUT2D eigenvalue weighted by atomic mass is 32.2. The molecular formula is C40H45N11O5S. The summed E-state index contributed by atoms with van der Waals surface area (Å²) in [6.07, 6.45) is 10.1. The molecule has 3 amide bonds. The molecule has 0 radical (unpaired) electrons. The number of hydrogen-bond acceptors (Lipinski definition) is 11. The smallest absolute Gasteiger partial charge is 0.251 e. The van der Waals surface area contributed by atoms with Crippen LogP contribution in [0.5, 0.6) is 0 Å². The number of imide groups is 1. The van der Waals surface area contributed by atoms with Crippen LogP contribution in [0.2, 0.25) is 0 Å². The highest BCUT2D eigenvalue weighted by molar-refractivity contribution is 7.89. The number of carbonyl (C=O) groups excluding carboxylic acids is 3. The summed E-state index contributed by atoms with van der Waals surface area (Å²) in [5.74, 6) is -0.545. The van der Waals surface area contributed by atoms with E-state index >= 15 is 0 Å².